The second-order valence-corrected chi connectivity index (χ2v) is 8.52. The molecule has 2 heterocycles. The zero-order valence-electron chi connectivity index (χ0n) is 16.0. The maximum atomic E-state index is 13.0. The number of amides is 1. The molecular formula is C19H31N3O2. The van der Waals surface area contributed by atoms with Crippen LogP contribution in [-0.4, -0.2) is 33.9 Å². The molecule has 0 aromatic carbocycles. The zero-order valence-corrected chi connectivity index (χ0v) is 16.0. The Morgan fingerprint density at radius 1 is 1.38 bits per heavy atom. The van der Waals surface area contributed by atoms with Crippen LogP contribution < -0.4 is 5.56 Å². The number of aromatic amines is 1. The normalized spacial score (nSPS) is 21.8. The van der Waals surface area contributed by atoms with Gasteiger partial charge in [-0.1, -0.05) is 41.0 Å². The SMILES string of the molecule is CCC[C@@]1(C)CCCN(C(=O)c2c(C)nc(C(C)(C)C)[nH]c2=O)C1. The van der Waals surface area contributed by atoms with Crippen molar-refractivity contribution in [3.8, 4) is 0 Å². The first-order valence-electron chi connectivity index (χ1n) is 8.98. The fourth-order valence-corrected chi connectivity index (χ4v) is 3.65. The number of aromatic nitrogens is 2. The minimum absolute atomic E-state index is 0.155. The van der Waals surface area contributed by atoms with Gasteiger partial charge in [0.2, 0.25) is 0 Å². The Morgan fingerprint density at radius 2 is 2.04 bits per heavy atom. The number of hydrogen-bond acceptors (Lipinski definition) is 3. The number of hydrogen-bond donors (Lipinski definition) is 1. The van der Waals surface area contributed by atoms with Gasteiger partial charge in [0.1, 0.15) is 11.4 Å². The maximum Gasteiger partial charge on any atom is 0.264 e. The molecule has 5 nitrogen and oxygen atoms in total. The predicted molar refractivity (Wildman–Crippen MR) is 96.4 cm³/mol. The van der Waals surface area contributed by atoms with E-state index in [0.717, 1.165) is 38.8 Å². The molecule has 0 aliphatic carbocycles. The fourth-order valence-electron chi connectivity index (χ4n) is 3.65. The van der Waals surface area contributed by atoms with Gasteiger partial charge in [0.25, 0.3) is 11.5 Å². The van der Waals surface area contributed by atoms with E-state index in [1.807, 2.05) is 25.7 Å². The van der Waals surface area contributed by atoms with Crippen LogP contribution in [0.15, 0.2) is 4.79 Å². The summed E-state index contributed by atoms with van der Waals surface area (Å²) in [7, 11) is 0. The molecule has 1 atom stereocenters. The van der Waals surface area contributed by atoms with Crippen molar-refractivity contribution in [1.82, 2.24) is 14.9 Å². The highest BCUT2D eigenvalue weighted by Gasteiger charge is 2.34. The molecule has 0 radical (unpaired) electrons. The first kappa shape index (κ1) is 18.7. The molecule has 1 aliphatic rings. The van der Waals surface area contributed by atoms with Crippen molar-refractivity contribution in [1.29, 1.82) is 0 Å². The van der Waals surface area contributed by atoms with Crippen LogP contribution in [0.5, 0.6) is 0 Å². The molecule has 1 aromatic rings. The highest BCUT2D eigenvalue weighted by molar-refractivity contribution is 5.95. The summed E-state index contributed by atoms with van der Waals surface area (Å²) in [5.74, 6) is 0.444. The Kier molecular flexibility index (Phi) is 5.21. The molecule has 1 amide bonds. The van der Waals surface area contributed by atoms with E-state index in [1.165, 1.54) is 0 Å². The summed E-state index contributed by atoms with van der Waals surface area (Å²) >= 11 is 0. The van der Waals surface area contributed by atoms with Crippen LogP contribution in [0.1, 0.15) is 82.2 Å². The highest BCUT2D eigenvalue weighted by Crippen LogP contribution is 2.34. The maximum absolute atomic E-state index is 13.0. The molecule has 1 aromatic heterocycles. The minimum Gasteiger partial charge on any atom is -0.338 e. The van der Waals surface area contributed by atoms with Gasteiger partial charge in [-0.05, 0) is 31.6 Å². The number of carbonyl (C=O) groups excluding carboxylic acids is 1. The summed E-state index contributed by atoms with van der Waals surface area (Å²) in [5.41, 5.74) is 0.304. The molecule has 0 saturated carbocycles. The van der Waals surface area contributed by atoms with E-state index in [0.29, 0.717) is 11.5 Å². The Labute approximate surface area is 144 Å². The van der Waals surface area contributed by atoms with E-state index in [4.69, 9.17) is 0 Å². The van der Waals surface area contributed by atoms with Crippen LogP contribution in [0, 0.1) is 12.3 Å². The number of nitrogens with zero attached hydrogens (tertiary/aromatic N) is 2. The van der Waals surface area contributed by atoms with E-state index in [2.05, 4.69) is 23.8 Å². The first-order chi connectivity index (χ1) is 11.1. The molecule has 0 unspecified atom stereocenters. The Hall–Kier alpha value is -1.65. The third-order valence-corrected chi connectivity index (χ3v) is 4.95. The molecule has 0 spiro atoms. The van der Waals surface area contributed by atoms with Crippen molar-refractivity contribution in [2.75, 3.05) is 13.1 Å². The largest absolute Gasteiger partial charge is 0.338 e. The summed E-state index contributed by atoms with van der Waals surface area (Å²) in [6, 6.07) is 0. The second-order valence-electron chi connectivity index (χ2n) is 8.52. The summed E-state index contributed by atoms with van der Waals surface area (Å²) in [6.07, 6.45) is 4.35. The molecule has 2 rings (SSSR count). The second kappa shape index (κ2) is 6.69. The van der Waals surface area contributed by atoms with Gasteiger partial charge < -0.3 is 9.88 Å². The lowest BCUT2D eigenvalue weighted by Crippen LogP contribution is -2.46. The van der Waals surface area contributed by atoms with Gasteiger partial charge >= 0.3 is 0 Å². The molecule has 5 heteroatoms. The number of likely N-dealkylation sites (tertiary alicyclic amines) is 1. The number of aryl methyl sites for hydroxylation is 1. The van der Waals surface area contributed by atoms with Gasteiger partial charge in [-0.15, -0.1) is 0 Å². The average molecular weight is 333 g/mol. The summed E-state index contributed by atoms with van der Waals surface area (Å²) < 4.78 is 0. The lowest BCUT2D eigenvalue weighted by Gasteiger charge is -2.40. The third kappa shape index (κ3) is 3.87. The van der Waals surface area contributed by atoms with Gasteiger partial charge in [-0.25, -0.2) is 4.98 Å². The third-order valence-electron chi connectivity index (χ3n) is 4.95. The van der Waals surface area contributed by atoms with Crippen LogP contribution >= 0.6 is 0 Å². The number of piperidine rings is 1. The molecule has 24 heavy (non-hydrogen) atoms. The average Bonchev–Trinajstić information content (AvgIpc) is 2.45. The van der Waals surface area contributed by atoms with E-state index in [-0.39, 0.29) is 27.9 Å². The van der Waals surface area contributed by atoms with Crippen molar-refractivity contribution < 1.29 is 4.79 Å². The number of carbonyl (C=O) groups is 1. The Bertz CT molecular complexity index is 668. The molecule has 1 fully saturated rings. The Balaban J connectivity index is 2.32. The predicted octanol–water partition coefficient (Wildman–Crippen LogP) is 3.42. The fraction of sp³-hybridized carbons (Fsp3) is 0.737. The van der Waals surface area contributed by atoms with Crippen molar-refractivity contribution in [3.05, 3.63) is 27.4 Å². The molecule has 1 saturated heterocycles. The van der Waals surface area contributed by atoms with Crippen molar-refractivity contribution >= 4 is 5.91 Å². The van der Waals surface area contributed by atoms with E-state index >= 15 is 0 Å². The van der Waals surface area contributed by atoms with E-state index in [9.17, 15) is 9.59 Å². The van der Waals surface area contributed by atoms with Crippen LogP contribution in [0.4, 0.5) is 0 Å². The molecule has 1 aliphatic heterocycles. The number of H-pyrrole nitrogens is 1. The summed E-state index contributed by atoms with van der Waals surface area (Å²) in [5, 5.41) is 0. The van der Waals surface area contributed by atoms with Crippen molar-refractivity contribution in [2.45, 2.75) is 72.6 Å². The first-order valence-corrected chi connectivity index (χ1v) is 8.98. The summed E-state index contributed by atoms with van der Waals surface area (Å²) in [6.45, 7) is 13.6. The molecular weight excluding hydrogens is 302 g/mol. The number of rotatable bonds is 3. The quantitative estimate of drug-likeness (QED) is 0.921. The van der Waals surface area contributed by atoms with Gasteiger partial charge in [-0.3, -0.25) is 9.59 Å². The molecule has 1 N–H and O–H groups in total. The number of nitrogens with one attached hydrogen (secondary N) is 1. The highest BCUT2D eigenvalue weighted by atomic mass is 16.2. The minimum atomic E-state index is -0.319. The van der Waals surface area contributed by atoms with Crippen LogP contribution in [0.3, 0.4) is 0 Å². The van der Waals surface area contributed by atoms with Gasteiger partial charge in [0.15, 0.2) is 0 Å². The standard InChI is InChI=1S/C19H31N3O2/c1-7-9-19(6)10-8-11-22(12-19)16(24)14-13(2)20-17(18(3,4)5)21-15(14)23/h7-12H2,1-6H3,(H,20,21,23)/t19-/m0/s1. The van der Waals surface area contributed by atoms with Gasteiger partial charge in [0, 0.05) is 18.5 Å². The lowest BCUT2D eigenvalue weighted by atomic mass is 9.78. The van der Waals surface area contributed by atoms with Crippen LogP contribution in [0.25, 0.3) is 0 Å². The zero-order chi connectivity index (χ0) is 18.1. The van der Waals surface area contributed by atoms with E-state index in [1.54, 1.807) is 6.92 Å². The Morgan fingerprint density at radius 3 is 2.58 bits per heavy atom. The lowest BCUT2D eigenvalue weighted by molar-refractivity contribution is 0.0527. The van der Waals surface area contributed by atoms with Gasteiger partial charge in [0.05, 0.1) is 5.69 Å². The van der Waals surface area contributed by atoms with Crippen LogP contribution in [-0.2, 0) is 5.41 Å². The van der Waals surface area contributed by atoms with Gasteiger partial charge in [-0.2, -0.15) is 0 Å². The van der Waals surface area contributed by atoms with Crippen molar-refractivity contribution in [2.24, 2.45) is 5.41 Å². The van der Waals surface area contributed by atoms with Crippen molar-refractivity contribution in [3.63, 3.8) is 0 Å². The smallest absolute Gasteiger partial charge is 0.264 e. The van der Waals surface area contributed by atoms with Crippen LogP contribution in [0.2, 0.25) is 0 Å². The molecule has 134 valence electrons. The monoisotopic (exact) mass is 333 g/mol. The summed E-state index contributed by atoms with van der Waals surface area (Å²) in [4.78, 5) is 34.6. The topological polar surface area (TPSA) is 66.1 Å². The molecule has 0 bridgehead atoms. The van der Waals surface area contributed by atoms with E-state index < -0.39 is 0 Å².